The van der Waals surface area contributed by atoms with Gasteiger partial charge in [-0.05, 0) is 26.7 Å². The average Bonchev–Trinajstić information content (AvgIpc) is 2.36. The van der Waals surface area contributed by atoms with Gasteiger partial charge in [0, 0.05) is 3.42 Å². The summed E-state index contributed by atoms with van der Waals surface area (Å²) in [6.45, 7) is 4.41. The quantitative estimate of drug-likeness (QED) is 0.378. The first-order valence-electron chi connectivity index (χ1n) is 4.01. The molecule has 0 saturated heterocycles. The van der Waals surface area contributed by atoms with Gasteiger partial charge in [-0.25, -0.2) is 0 Å². The second-order valence-corrected chi connectivity index (χ2v) is 5.21. The van der Waals surface area contributed by atoms with Gasteiger partial charge in [0.1, 0.15) is 0 Å². The first-order chi connectivity index (χ1) is 4.69. The molecular weight excluding hydrogens is 235 g/mol. The van der Waals surface area contributed by atoms with E-state index in [1.807, 2.05) is 0 Å². The highest BCUT2D eigenvalue weighted by Gasteiger charge is 2.31. The number of halogens is 1. The van der Waals surface area contributed by atoms with Crippen LogP contribution >= 0.6 is 22.6 Å². The molecule has 0 aliphatic heterocycles. The molecule has 1 aliphatic carbocycles. The van der Waals surface area contributed by atoms with Crippen LogP contribution in [0.2, 0.25) is 0 Å². The highest BCUT2D eigenvalue weighted by Crippen LogP contribution is 2.43. The second kappa shape index (κ2) is 3.24. The Labute approximate surface area is 77.2 Å². The van der Waals surface area contributed by atoms with E-state index in [4.69, 9.17) is 0 Å². The highest BCUT2D eigenvalue weighted by atomic mass is 127. The van der Waals surface area contributed by atoms with Gasteiger partial charge in [0.25, 0.3) is 0 Å². The lowest BCUT2D eigenvalue weighted by molar-refractivity contribution is 0.734. The lowest BCUT2D eigenvalue weighted by Gasteiger charge is -2.21. The van der Waals surface area contributed by atoms with E-state index in [9.17, 15) is 0 Å². The van der Waals surface area contributed by atoms with Gasteiger partial charge >= 0.3 is 0 Å². The molecule has 1 rings (SSSR count). The summed E-state index contributed by atoms with van der Waals surface area (Å²) >= 11 is 2.62. The fourth-order valence-electron chi connectivity index (χ4n) is 1.59. The van der Waals surface area contributed by atoms with Crippen LogP contribution in [0.5, 0.6) is 0 Å². The number of allylic oxidation sites excluding steroid dienone is 2. The third kappa shape index (κ3) is 1.55. The maximum Gasteiger partial charge on any atom is 0.0427 e. The topological polar surface area (TPSA) is 0 Å². The molecule has 1 heteroatoms. The molecular formula is C9H15I. The molecule has 58 valence electrons. The Hall–Kier alpha value is 0.470. The summed E-state index contributed by atoms with van der Waals surface area (Å²) < 4.78 is 0.534. The molecule has 0 aromatic rings. The standard InChI is InChI=1S/C9H15I/c1-3-8(2)9(10)6-4-5-7-9/h3H,4-7H2,1-2H3/b8-3-. The monoisotopic (exact) mass is 250 g/mol. The molecule has 0 aromatic carbocycles. The van der Waals surface area contributed by atoms with Crippen molar-refractivity contribution in [1.82, 2.24) is 0 Å². The van der Waals surface area contributed by atoms with Crippen LogP contribution in [0.1, 0.15) is 39.5 Å². The predicted octanol–water partition coefficient (Wildman–Crippen LogP) is 3.70. The maximum atomic E-state index is 2.62. The summed E-state index contributed by atoms with van der Waals surface area (Å²) in [4.78, 5) is 0. The molecule has 0 amide bonds. The maximum absolute atomic E-state index is 2.62. The van der Waals surface area contributed by atoms with Crippen molar-refractivity contribution >= 4 is 22.6 Å². The van der Waals surface area contributed by atoms with Crippen LogP contribution in [0.4, 0.5) is 0 Å². The van der Waals surface area contributed by atoms with E-state index < -0.39 is 0 Å². The Morgan fingerprint density at radius 1 is 1.40 bits per heavy atom. The summed E-state index contributed by atoms with van der Waals surface area (Å²) in [7, 11) is 0. The summed E-state index contributed by atoms with van der Waals surface area (Å²) in [5, 5.41) is 0. The van der Waals surface area contributed by atoms with Crippen LogP contribution < -0.4 is 0 Å². The summed E-state index contributed by atoms with van der Waals surface area (Å²) in [6, 6.07) is 0. The Balaban J connectivity index is 2.67. The number of alkyl halides is 1. The molecule has 0 atom stereocenters. The van der Waals surface area contributed by atoms with Crippen molar-refractivity contribution in [1.29, 1.82) is 0 Å². The lowest BCUT2D eigenvalue weighted by atomic mass is 9.99. The van der Waals surface area contributed by atoms with Crippen molar-refractivity contribution in [3.05, 3.63) is 11.6 Å². The first-order valence-corrected chi connectivity index (χ1v) is 5.09. The smallest absolute Gasteiger partial charge is 0.0427 e. The third-order valence-electron chi connectivity index (χ3n) is 2.54. The second-order valence-electron chi connectivity index (χ2n) is 3.14. The minimum absolute atomic E-state index is 0.534. The zero-order valence-electron chi connectivity index (χ0n) is 6.78. The Morgan fingerprint density at radius 3 is 2.30 bits per heavy atom. The molecule has 0 nitrogen and oxygen atoms in total. The van der Waals surface area contributed by atoms with E-state index in [0.29, 0.717) is 3.42 Å². The van der Waals surface area contributed by atoms with Gasteiger partial charge in [0.2, 0.25) is 0 Å². The fourth-order valence-corrected chi connectivity index (χ4v) is 2.66. The van der Waals surface area contributed by atoms with Crippen molar-refractivity contribution in [2.75, 3.05) is 0 Å². The minimum Gasteiger partial charge on any atom is -0.0874 e. The van der Waals surface area contributed by atoms with Crippen LogP contribution in [-0.4, -0.2) is 3.42 Å². The SMILES string of the molecule is C/C=C(/C)C1(I)CCCC1. The molecule has 10 heavy (non-hydrogen) atoms. The van der Waals surface area contributed by atoms with Crippen LogP contribution in [0.25, 0.3) is 0 Å². The molecule has 0 unspecified atom stereocenters. The Morgan fingerprint density at radius 2 is 1.90 bits per heavy atom. The van der Waals surface area contributed by atoms with Gasteiger partial charge in [-0.1, -0.05) is 47.1 Å². The van der Waals surface area contributed by atoms with Crippen molar-refractivity contribution in [2.24, 2.45) is 0 Å². The van der Waals surface area contributed by atoms with Crippen molar-refractivity contribution < 1.29 is 0 Å². The molecule has 0 aromatic heterocycles. The van der Waals surface area contributed by atoms with Crippen molar-refractivity contribution in [3.8, 4) is 0 Å². The van der Waals surface area contributed by atoms with Crippen LogP contribution in [0, 0.1) is 0 Å². The normalized spacial score (nSPS) is 25.3. The molecule has 0 heterocycles. The van der Waals surface area contributed by atoms with E-state index >= 15 is 0 Å². The summed E-state index contributed by atoms with van der Waals surface area (Å²) in [5.41, 5.74) is 1.57. The number of hydrogen-bond donors (Lipinski definition) is 0. The molecule has 1 aliphatic rings. The first kappa shape index (κ1) is 8.57. The van der Waals surface area contributed by atoms with Crippen molar-refractivity contribution in [3.63, 3.8) is 0 Å². The van der Waals surface area contributed by atoms with Crippen molar-refractivity contribution in [2.45, 2.75) is 43.0 Å². The number of hydrogen-bond acceptors (Lipinski definition) is 0. The Kier molecular flexibility index (Phi) is 2.78. The van der Waals surface area contributed by atoms with Crippen LogP contribution in [0.3, 0.4) is 0 Å². The van der Waals surface area contributed by atoms with Gasteiger partial charge in [-0.3, -0.25) is 0 Å². The molecule has 0 spiro atoms. The van der Waals surface area contributed by atoms with Gasteiger partial charge in [0.05, 0.1) is 0 Å². The fraction of sp³-hybridized carbons (Fsp3) is 0.778. The molecule has 0 radical (unpaired) electrons. The van der Waals surface area contributed by atoms with Gasteiger partial charge in [-0.15, -0.1) is 0 Å². The van der Waals surface area contributed by atoms with E-state index in [-0.39, 0.29) is 0 Å². The minimum atomic E-state index is 0.534. The number of rotatable bonds is 1. The van der Waals surface area contributed by atoms with Gasteiger partial charge < -0.3 is 0 Å². The zero-order valence-corrected chi connectivity index (χ0v) is 8.94. The van der Waals surface area contributed by atoms with Gasteiger partial charge in [0.15, 0.2) is 0 Å². The van der Waals surface area contributed by atoms with E-state index in [1.165, 1.54) is 25.7 Å². The zero-order chi connectivity index (χ0) is 7.61. The van der Waals surface area contributed by atoms with Gasteiger partial charge in [-0.2, -0.15) is 0 Å². The third-order valence-corrected chi connectivity index (χ3v) is 4.47. The average molecular weight is 250 g/mol. The summed E-state index contributed by atoms with van der Waals surface area (Å²) in [5.74, 6) is 0. The molecule has 1 fully saturated rings. The molecule has 0 N–H and O–H groups in total. The predicted molar refractivity (Wildman–Crippen MR) is 54.7 cm³/mol. The Bertz CT molecular complexity index is 141. The summed E-state index contributed by atoms with van der Waals surface area (Å²) in [6.07, 6.45) is 7.90. The van der Waals surface area contributed by atoms with E-state index in [0.717, 1.165) is 0 Å². The molecule has 0 bridgehead atoms. The van der Waals surface area contributed by atoms with E-state index in [1.54, 1.807) is 5.57 Å². The van der Waals surface area contributed by atoms with Crippen LogP contribution in [-0.2, 0) is 0 Å². The van der Waals surface area contributed by atoms with E-state index in [2.05, 4.69) is 42.5 Å². The van der Waals surface area contributed by atoms with Crippen LogP contribution in [0.15, 0.2) is 11.6 Å². The highest BCUT2D eigenvalue weighted by molar-refractivity contribution is 14.1. The molecule has 1 saturated carbocycles. The largest absolute Gasteiger partial charge is 0.0874 e. The lowest BCUT2D eigenvalue weighted by Crippen LogP contribution is -2.15.